The highest BCUT2D eigenvalue weighted by atomic mass is 32.2. The van der Waals surface area contributed by atoms with Gasteiger partial charge in [-0.25, -0.2) is 0 Å². The molecule has 0 radical (unpaired) electrons. The van der Waals surface area contributed by atoms with Gasteiger partial charge in [0.2, 0.25) is 0 Å². The van der Waals surface area contributed by atoms with Gasteiger partial charge in [-0.3, -0.25) is 4.21 Å². The molecule has 5 nitrogen and oxygen atoms in total. The lowest BCUT2D eigenvalue weighted by molar-refractivity contribution is 0.462. The number of fused-ring (bicyclic) bond motifs is 2. The summed E-state index contributed by atoms with van der Waals surface area (Å²) < 4.78 is 45.2. The maximum atomic E-state index is 13.4. The van der Waals surface area contributed by atoms with Crippen LogP contribution in [0.5, 0.6) is 11.5 Å². The molecule has 0 aromatic heterocycles. The van der Waals surface area contributed by atoms with E-state index in [0.717, 1.165) is 22.3 Å². The SMILES string of the molecule is O=S1[C@H]2C[C@H](S(=O)(=O)Oc3ccc(O)cc3)[C@@H]1C(c1ccccc1)=C2c1ccccc1. The molecule has 2 heterocycles. The summed E-state index contributed by atoms with van der Waals surface area (Å²) in [5, 5.41) is 7.49. The summed E-state index contributed by atoms with van der Waals surface area (Å²) in [4.78, 5) is 0. The van der Waals surface area contributed by atoms with Gasteiger partial charge in [-0.2, -0.15) is 8.42 Å². The Hall–Kier alpha value is -2.90. The Labute approximate surface area is 183 Å². The Balaban J connectivity index is 1.59. The van der Waals surface area contributed by atoms with Gasteiger partial charge in [-0.15, -0.1) is 0 Å². The Morgan fingerprint density at radius 3 is 1.94 bits per heavy atom. The maximum absolute atomic E-state index is 13.4. The molecular formula is C24H20O5S2. The van der Waals surface area contributed by atoms with Crippen LogP contribution in [-0.2, 0) is 20.9 Å². The van der Waals surface area contributed by atoms with Crippen molar-refractivity contribution in [3.05, 3.63) is 96.1 Å². The van der Waals surface area contributed by atoms with Crippen molar-refractivity contribution in [1.82, 2.24) is 0 Å². The van der Waals surface area contributed by atoms with Crippen LogP contribution in [0.3, 0.4) is 0 Å². The topological polar surface area (TPSA) is 80.7 Å². The third-order valence-electron chi connectivity index (χ3n) is 5.80. The summed E-state index contributed by atoms with van der Waals surface area (Å²) in [6.07, 6.45) is 0.248. The van der Waals surface area contributed by atoms with E-state index >= 15 is 0 Å². The quantitative estimate of drug-likeness (QED) is 0.592. The monoisotopic (exact) mass is 452 g/mol. The van der Waals surface area contributed by atoms with Crippen LogP contribution in [0.15, 0.2) is 84.9 Å². The molecule has 2 bridgehead atoms. The molecule has 3 aromatic rings. The number of phenolic OH excluding ortho intramolecular Hbond substituents is 1. The van der Waals surface area contributed by atoms with Crippen molar-refractivity contribution >= 4 is 32.1 Å². The van der Waals surface area contributed by atoms with Crippen LogP contribution in [0.25, 0.3) is 11.1 Å². The van der Waals surface area contributed by atoms with Gasteiger partial charge in [0.25, 0.3) is 0 Å². The predicted octanol–water partition coefficient (Wildman–Crippen LogP) is 3.98. The highest BCUT2D eigenvalue weighted by molar-refractivity contribution is 7.92. The van der Waals surface area contributed by atoms with Gasteiger partial charge < -0.3 is 9.29 Å². The average Bonchev–Trinajstić information content (AvgIpc) is 3.27. The lowest BCUT2D eigenvalue weighted by Gasteiger charge is -2.25. The van der Waals surface area contributed by atoms with Gasteiger partial charge in [0.05, 0.1) is 10.5 Å². The third-order valence-corrected chi connectivity index (χ3v) is 9.66. The molecule has 3 aromatic carbocycles. The third kappa shape index (κ3) is 3.47. The normalized spacial score (nSPS) is 25.0. The fourth-order valence-electron chi connectivity index (χ4n) is 4.48. The molecule has 1 N–H and O–H groups in total. The minimum atomic E-state index is -4.05. The minimum Gasteiger partial charge on any atom is -0.508 e. The number of hydrogen-bond acceptors (Lipinski definition) is 5. The predicted molar refractivity (Wildman–Crippen MR) is 121 cm³/mol. The van der Waals surface area contributed by atoms with Gasteiger partial charge in [0.1, 0.15) is 16.7 Å². The highest BCUT2D eigenvalue weighted by Gasteiger charge is 2.57. The number of benzene rings is 3. The zero-order valence-corrected chi connectivity index (χ0v) is 18.1. The number of aromatic hydroxyl groups is 1. The maximum Gasteiger partial charge on any atom is 0.313 e. The zero-order valence-electron chi connectivity index (χ0n) is 16.4. The van der Waals surface area contributed by atoms with Gasteiger partial charge in [0, 0.05) is 10.8 Å². The van der Waals surface area contributed by atoms with Crippen LogP contribution in [0.2, 0.25) is 0 Å². The van der Waals surface area contributed by atoms with Crippen molar-refractivity contribution in [2.45, 2.75) is 22.2 Å². The molecule has 1 fully saturated rings. The summed E-state index contributed by atoms with van der Waals surface area (Å²) >= 11 is 0. The van der Waals surface area contributed by atoms with E-state index < -0.39 is 31.4 Å². The van der Waals surface area contributed by atoms with E-state index in [1.807, 2.05) is 60.7 Å². The fourth-order valence-corrected chi connectivity index (χ4v) is 8.86. The van der Waals surface area contributed by atoms with Crippen molar-refractivity contribution in [2.75, 3.05) is 0 Å². The second kappa shape index (κ2) is 7.66. The summed E-state index contributed by atoms with van der Waals surface area (Å²) in [6, 6.07) is 24.9. The van der Waals surface area contributed by atoms with Crippen LogP contribution < -0.4 is 4.18 Å². The fraction of sp³-hybridized carbons (Fsp3) is 0.167. The summed E-state index contributed by atoms with van der Waals surface area (Å²) in [5.41, 5.74) is 3.64. The Morgan fingerprint density at radius 1 is 0.806 bits per heavy atom. The van der Waals surface area contributed by atoms with Crippen LogP contribution in [0.4, 0.5) is 0 Å². The Morgan fingerprint density at radius 2 is 1.35 bits per heavy atom. The van der Waals surface area contributed by atoms with Gasteiger partial charge in [0.15, 0.2) is 0 Å². The van der Waals surface area contributed by atoms with Crippen molar-refractivity contribution in [1.29, 1.82) is 0 Å². The Bertz CT molecular complexity index is 1270. The smallest absolute Gasteiger partial charge is 0.313 e. The number of phenols is 1. The first-order valence-electron chi connectivity index (χ1n) is 9.92. The van der Waals surface area contributed by atoms with Crippen LogP contribution in [-0.4, -0.2) is 33.5 Å². The lowest BCUT2D eigenvalue weighted by atomic mass is 9.84. The van der Waals surface area contributed by atoms with Crippen molar-refractivity contribution in [3.8, 4) is 11.5 Å². The molecule has 0 aliphatic carbocycles. The number of hydrogen-bond donors (Lipinski definition) is 1. The molecule has 1 saturated heterocycles. The molecule has 158 valence electrons. The van der Waals surface area contributed by atoms with Crippen LogP contribution in [0, 0.1) is 0 Å². The van der Waals surface area contributed by atoms with Crippen LogP contribution >= 0.6 is 0 Å². The first-order chi connectivity index (χ1) is 15.0. The van der Waals surface area contributed by atoms with Crippen molar-refractivity contribution in [2.24, 2.45) is 0 Å². The molecule has 2 aliphatic rings. The molecule has 7 heteroatoms. The van der Waals surface area contributed by atoms with E-state index in [1.54, 1.807) is 0 Å². The van der Waals surface area contributed by atoms with E-state index in [2.05, 4.69) is 0 Å². The zero-order chi connectivity index (χ0) is 21.6. The molecule has 5 rings (SSSR count). The van der Waals surface area contributed by atoms with E-state index in [9.17, 15) is 17.7 Å². The molecule has 1 unspecified atom stereocenters. The van der Waals surface area contributed by atoms with E-state index in [4.69, 9.17) is 4.18 Å². The summed E-state index contributed by atoms with van der Waals surface area (Å²) in [7, 11) is -5.42. The van der Waals surface area contributed by atoms with Crippen molar-refractivity contribution < 1.29 is 21.9 Å². The molecular weight excluding hydrogens is 432 g/mol. The number of rotatable bonds is 5. The van der Waals surface area contributed by atoms with Gasteiger partial charge in [-0.05, 0) is 53.0 Å². The van der Waals surface area contributed by atoms with E-state index in [-0.39, 0.29) is 23.2 Å². The second-order valence-corrected chi connectivity index (χ2v) is 11.1. The molecule has 4 atom stereocenters. The second-order valence-electron chi connectivity index (χ2n) is 7.64. The van der Waals surface area contributed by atoms with Crippen LogP contribution in [0.1, 0.15) is 17.5 Å². The first kappa shape index (κ1) is 20.0. The van der Waals surface area contributed by atoms with Gasteiger partial charge >= 0.3 is 10.1 Å². The first-order valence-corrected chi connectivity index (χ1v) is 12.7. The molecule has 2 aliphatic heterocycles. The minimum absolute atomic E-state index is 0.0209. The lowest BCUT2D eigenvalue weighted by Crippen LogP contribution is -2.35. The average molecular weight is 453 g/mol. The summed E-state index contributed by atoms with van der Waals surface area (Å²) in [6.45, 7) is 0. The molecule has 0 spiro atoms. The largest absolute Gasteiger partial charge is 0.508 e. The summed E-state index contributed by atoms with van der Waals surface area (Å²) in [5.74, 6) is 0.146. The highest BCUT2D eigenvalue weighted by Crippen LogP contribution is 2.52. The molecule has 31 heavy (non-hydrogen) atoms. The molecule has 0 amide bonds. The Kier molecular flexibility index (Phi) is 4.95. The van der Waals surface area contributed by atoms with Crippen molar-refractivity contribution in [3.63, 3.8) is 0 Å². The van der Waals surface area contributed by atoms with E-state index in [1.165, 1.54) is 24.3 Å². The molecule has 0 saturated carbocycles. The van der Waals surface area contributed by atoms with Gasteiger partial charge in [-0.1, -0.05) is 60.7 Å². The standard InChI is InChI=1S/C24H20O5S2/c25-18-11-13-19(14-12-18)29-31(27,28)21-15-20-22(16-7-3-1-4-8-16)23(24(21)30(20)26)17-9-5-2-6-10-17/h1-14,20-21,24-25H,15H2/t20-,21-,24+,30?/m0/s1. The van der Waals surface area contributed by atoms with E-state index in [0.29, 0.717) is 0 Å².